The van der Waals surface area contributed by atoms with Crippen LogP contribution in [0.3, 0.4) is 0 Å². The van der Waals surface area contributed by atoms with Crippen molar-refractivity contribution in [2.24, 2.45) is 0 Å². The Morgan fingerprint density at radius 3 is 2.38 bits per heavy atom. The normalized spacial score (nSPS) is 11.6. The van der Waals surface area contributed by atoms with Gasteiger partial charge < -0.3 is 14.5 Å². The Hall–Kier alpha value is -3.91. The first kappa shape index (κ1) is 23.3. The summed E-state index contributed by atoms with van der Waals surface area (Å²) in [4.78, 5) is 34.0. The topological polar surface area (TPSA) is 84.7 Å². The highest BCUT2D eigenvalue weighted by atomic mass is 32.1. The van der Waals surface area contributed by atoms with Crippen molar-refractivity contribution in [1.29, 1.82) is 0 Å². The van der Waals surface area contributed by atoms with E-state index >= 15 is 0 Å². The van der Waals surface area contributed by atoms with Gasteiger partial charge in [-0.3, -0.25) is 14.5 Å². The predicted molar refractivity (Wildman–Crippen MR) is 131 cm³/mol. The molecule has 1 N–H and O–H groups in total. The number of carbonyl (C=O) groups excluding carboxylic acids is 2. The summed E-state index contributed by atoms with van der Waals surface area (Å²) in [5, 5.41) is 3.71. The average molecular weight is 476 g/mol. The number of hydrogen-bond donors (Lipinski definition) is 1. The maximum Gasteiger partial charge on any atom is 0.271 e. The lowest BCUT2D eigenvalue weighted by atomic mass is 10.0. The number of benzene rings is 2. The summed E-state index contributed by atoms with van der Waals surface area (Å²) in [6, 6.07) is 19.0. The number of methoxy groups -OCH3 is 1. The van der Waals surface area contributed by atoms with E-state index in [1.807, 2.05) is 37.3 Å². The van der Waals surface area contributed by atoms with Crippen molar-refractivity contribution in [1.82, 2.24) is 10.3 Å². The van der Waals surface area contributed by atoms with E-state index in [0.717, 1.165) is 5.01 Å². The first-order valence-electron chi connectivity index (χ1n) is 10.7. The Labute approximate surface area is 202 Å². The van der Waals surface area contributed by atoms with Crippen LogP contribution >= 0.6 is 11.3 Å². The van der Waals surface area contributed by atoms with Crippen LogP contribution in [0.25, 0.3) is 0 Å². The van der Waals surface area contributed by atoms with E-state index in [1.54, 1.807) is 56.7 Å². The monoisotopic (exact) mass is 475 g/mol. The molecule has 0 spiro atoms. The lowest BCUT2D eigenvalue weighted by molar-refractivity contribution is -0.122. The van der Waals surface area contributed by atoms with Crippen LogP contribution in [0.4, 0.5) is 5.69 Å². The fourth-order valence-corrected chi connectivity index (χ4v) is 4.56. The van der Waals surface area contributed by atoms with Gasteiger partial charge in [0.05, 0.1) is 30.6 Å². The van der Waals surface area contributed by atoms with Gasteiger partial charge in [0.25, 0.3) is 5.91 Å². The maximum atomic E-state index is 14.0. The number of anilines is 1. The molecule has 2 aromatic carbocycles. The van der Waals surface area contributed by atoms with Crippen LogP contribution in [0, 0.1) is 13.8 Å². The zero-order valence-electron chi connectivity index (χ0n) is 19.1. The standard InChI is InChI=1S/C26H25N3O4S/c1-17-24(34-18(2)28-17)26(31)29(20-11-13-21(32-3)14-12-20)23(19-8-5-4-6-9-19)25(30)27-16-22-10-7-15-33-22/h4-15,23H,16H2,1-3H3,(H,27,30)/t23-/m1/s1. The van der Waals surface area contributed by atoms with Crippen molar-refractivity contribution in [3.05, 3.63) is 99.9 Å². The molecule has 7 nitrogen and oxygen atoms in total. The molecule has 0 unspecified atom stereocenters. The molecule has 0 saturated heterocycles. The third kappa shape index (κ3) is 5.02. The number of nitrogens with one attached hydrogen (secondary N) is 1. The lowest BCUT2D eigenvalue weighted by Crippen LogP contribution is -2.43. The van der Waals surface area contributed by atoms with E-state index in [4.69, 9.17) is 9.15 Å². The number of ether oxygens (including phenoxy) is 1. The highest BCUT2D eigenvalue weighted by Gasteiger charge is 2.35. The molecule has 0 radical (unpaired) electrons. The number of furan rings is 1. The van der Waals surface area contributed by atoms with Gasteiger partial charge in [0.1, 0.15) is 22.4 Å². The molecule has 8 heteroatoms. The van der Waals surface area contributed by atoms with Gasteiger partial charge >= 0.3 is 0 Å². The van der Waals surface area contributed by atoms with Crippen LogP contribution < -0.4 is 15.0 Å². The molecule has 0 saturated carbocycles. The molecule has 4 rings (SSSR count). The van der Waals surface area contributed by atoms with Gasteiger partial charge in [-0.15, -0.1) is 11.3 Å². The van der Waals surface area contributed by atoms with Gasteiger partial charge in [0.2, 0.25) is 5.91 Å². The summed E-state index contributed by atoms with van der Waals surface area (Å²) in [6.45, 7) is 3.87. The smallest absolute Gasteiger partial charge is 0.271 e. The third-order valence-electron chi connectivity index (χ3n) is 5.31. The molecular formula is C26H25N3O4S. The fourth-order valence-electron chi connectivity index (χ4n) is 3.70. The van der Waals surface area contributed by atoms with Gasteiger partial charge in [-0.05, 0) is 55.8 Å². The van der Waals surface area contributed by atoms with Crippen LogP contribution in [0.15, 0.2) is 77.4 Å². The summed E-state index contributed by atoms with van der Waals surface area (Å²) < 4.78 is 10.6. The molecule has 2 heterocycles. The SMILES string of the molecule is COc1ccc(N(C(=O)c2sc(C)nc2C)[C@@H](C(=O)NCc2ccco2)c2ccccc2)cc1. The van der Waals surface area contributed by atoms with E-state index in [-0.39, 0.29) is 18.4 Å². The molecule has 2 aromatic heterocycles. The highest BCUT2D eigenvalue weighted by Crippen LogP contribution is 2.33. The van der Waals surface area contributed by atoms with Crippen LogP contribution in [0.5, 0.6) is 5.75 Å². The molecule has 1 atom stereocenters. The average Bonchev–Trinajstić information content (AvgIpc) is 3.50. The van der Waals surface area contributed by atoms with Crippen LogP contribution in [-0.4, -0.2) is 23.9 Å². The number of aromatic nitrogens is 1. The van der Waals surface area contributed by atoms with Crippen molar-refractivity contribution < 1.29 is 18.7 Å². The van der Waals surface area contributed by atoms with Crippen molar-refractivity contribution in [2.45, 2.75) is 26.4 Å². The zero-order chi connectivity index (χ0) is 24.1. The summed E-state index contributed by atoms with van der Waals surface area (Å²) >= 11 is 1.32. The van der Waals surface area contributed by atoms with Crippen molar-refractivity contribution in [3.63, 3.8) is 0 Å². The third-order valence-corrected chi connectivity index (χ3v) is 6.37. The number of nitrogens with zero attached hydrogens (tertiary/aromatic N) is 2. The van der Waals surface area contributed by atoms with Crippen molar-refractivity contribution in [3.8, 4) is 5.75 Å². The molecule has 2 amide bonds. The number of hydrogen-bond acceptors (Lipinski definition) is 6. The van der Waals surface area contributed by atoms with E-state index in [9.17, 15) is 9.59 Å². The summed E-state index contributed by atoms with van der Waals surface area (Å²) in [5.74, 6) is 0.650. The van der Waals surface area contributed by atoms with Crippen molar-refractivity contribution >= 4 is 28.8 Å². The second-order valence-corrected chi connectivity index (χ2v) is 8.83. The minimum absolute atomic E-state index is 0.207. The number of carbonyl (C=O) groups is 2. The molecule has 174 valence electrons. The minimum Gasteiger partial charge on any atom is -0.497 e. The molecule has 0 fully saturated rings. The minimum atomic E-state index is -0.918. The first-order chi connectivity index (χ1) is 16.5. The summed E-state index contributed by atoms with van der Waals surface area (Å²) in [6.07, 6.45) is 1.55. The molecule has 4 aromatic rings. The van der Waals surface area contributed by atoms with Crippen LogP contribution in [-0.2, 0) is 11.3 Å². The predicted octanol–water partition coefficient (Wildman–Crippen LogP) is 5.07. The zero-order valence-corrected chi connectivity index (χ0v) is 20.0. The molecule has 0 aliphatic heterocycles. The molecule has 0 aliphatic carbocycles. The number of amides is 2. The van der Waals surface area contributed by atoms with E-state index in [1.165, 1.54) is 16.2 Å². The molecule has 0 aliphatic rings. The van der Waals surface area contributed by atoms with Gasteiger partial charge in [0, 0.05) is 5.69 Å². The lowest BCUT2D eigenvalue weighted by Gasteiger charge is -2.31. The van der Waals surface area contributed by atoms with Gasteiger partial charge in [-0.25, -0.2) is 4.98 Å². The van der Waals surface area contributed by atoms with Gasteiger partial charge in [-0.2, -0.15) is 0 Å². The van der Waals surface area contributed by atoms with Gasteiger partial charge in [0.15, 0.2) is 0 Å². The summed E-state index contributed by atoms with van der Waals surface area (Å²) in [7, 11) is 1.58. The van der Waals surface area contributed by atoms with Crippen LogP contribution in [0.2, 0.25) is 0 Å². The fraction of sp³-hybridized carbons (Fsp3) is 0.192. The van der Waals surface area contributed by atoms with E-state index < -0.39 is 6.04 Å². The van der Waals surface area contributed by atoms with E-state index in [2.05, 4.69) is 10.3 Å². The second kappa shape index (κ2) is 10.4. The quantitative estimate of drug-likeness (QED) is 0.385. The Morgan fingerprint density at radius 2 is 1.79 bits per heavy atom. The molecule has 34 heavy (non-hydrogen) atoms. The second-order valence-electron chi connectivity index (χ2n) is 7.63. The molecular weight excluding hydrogens is 450 g/mol. The highest BCUT2D eigenvalue weighted by molar-refractivity contribution is 7.13. The Bertz CT molecular complexity index is 1250. The number of thiazole rings is 1. The van der Waals surface area contributed by atoms with Crippen LogP contribution in [0.1, 0.15) is 37.7 Å². The Balaban J connectivity index is 1.80. The maximum absolute atomic E-state index is 14.0. The summed E-state index contributed by atoms with van der Waals surface area (Å²) in [5.41, 5.74) is 1.88. The first-order valence-corrected chi connectivity index (χ1v) is 11.6. The number of rotatable bonds is 8. The Kier molecular flexibility index (Phi) is 7.08. The number of aryl methyl sites for hydroxylation is 2. The molecule has 0 bridgehead atoms. The van der Waals surface area contributed by atoms with Crippen molar-refractivity contribution in [2.75, 3.05) is 12.0 Å². The Morgan fingerprint density at radius 1 is 1.06 bits per heavy atom. The largest absolute Gasteiger partial charge is 0.497 e. The van der Waals surface area contributed by atoms with E-state index in [0.29, 0.717) is 33.3 Å². The van der Waals surface area contributed by atoms with Gasteiger partial charge in [-0.1, -0.05) is 30.3 Å².